The third-order valence-electron chi connectivity index (χ3n) is 1.75. The van der Waals surface area contributed by atoms with Crippen LogP contribution in [0.5, 0.6) is 0 Å². The zero-order valence-corrected chi connectivity index (χ0v) is 9.26. The molecule has 0 aromatic carbocycles. The first-order valence-electron chi connectivity index (χ1n) is 4.70. The van der Waals surface area contributed by atoms with E-state index in [1.165, 1.54) is 4.90 Å². The summed E-state index contributed by atoms with van der Waals surface area (Å²) in [5.41, 5.74) is 0. The topological polar surface area (TPSA) is 61.4 Å². The lowest BCUT2D eigenvalue weighted by Gasteiger charge is -2.17. The quantitative estimate of drug-likeness (QED) is 0.611. The SMILES string of the molecule is CCNC(=O)CNC(C)C(=O)N(C)C. The molecule has 82 valence electrons. The van der Waals surface area contributed by atoms with Crippen molar-refractivity contribution in [2.45, 2.75) is 19.9 Å². The van der Waals surface area contributed by atoms with Crippen LogP contribution in [0.1, 0.15) is 13.8 Å². The number of amides is 2. The highest BCUT2D eigenvalue weighted by molar-refractivity contribution is 5.83. The highest BCUT2D eigenvalue weighted by Crippen LogP contribution is 1.87. The molecule has 0 saturated carbocycles. The fourth-order valence-electron chi connectivity index (χ4n) is 0.980. The Morgan fingerprint density at radius 1 is 1.36 bits per heavy atom. The van der Waals surface area contributed by atoms with E-state index >= 15 is 0 Å². The van der Waals surface area contributed by atoms with E-state index < -0.39 is 0 Å². The molecule has 5 heteroatoms. The normalized spacial score (nSPS) is 12.0. The molecule has 0 aromatic rings. The van der Waals surface area contributed by atoms with Crippen LogP contribution in [0.2, 0.25) is 0 Å². The molecule has 0 aromatic heterocycles. The zero-order chi connectivity index (χ0) is 11.1. The third-order valence-corrected chi connectivity index (χ3v) is 1.75. The number of hydrogen-bond acceptors (Lipinski definition) is 3. The van der Waals surface area contributed by atoms with E-state index in [2.05, 4.69) is 10.6 Å². The van der Waals surface area contributed by atoms with Crippen molar-refractivity contribution in [3.63, 3.8) is 0 Å². The first-order valence-corrected chi connectivity index (χ1v) is 4.70. The van der Waals surface area contributed by atoms with Gasteiger partial charge in [-0.2, -0.15) is 0 Å². The van der Waals surface area contributed by atoms with Gasteiger partial charge in [0.05, 0.1) is 12.6 Å². The molecular formula is C9H19N3O2. The van der Waals surface area contributed by atoms with Crippen LogP contribution in [0.25, 0.3) is 0 Å². The van der Waals surface area contributed by atoms with E-state index in [1.807, 2.05) is 6.92 Å². The van der Waals surface area contributed by atoms with Gasteiger partial charge in [0.15, 0.2) is 0 Å². The van der Waals surface area contributed by atoms with Gasteiger partial charge < -0.3 is 10.2 Å². The Balaban J connectivity index is 3.79. The molecule has 2 amide bonds. The van der Waals surface area contributed by atoms with Gasteiger partial charge in [-0.3, -0.25) is 14.9 Å². The lowest BCUT2D eigenvalue weighted by Crippen LogP contribution is -2.45. The molecule has 0 saturated heterocycles. The van der Waals surface area contributed by atoms with Crippen LogP contribution in [-0.4, -0.2) is 49.9 Å². The number of hydrogen-bond donors (Lipinski definition) is 2. The fraction of sp³-hybridized carbons (Fsp3) is 0.778. The second kappa shape index (κ2) is 6.37. The summed E-state index contributed by atoms with van der Waals surface area (Å²) in [5, 5.41) is 5.49. The maximum absolute atomic E-state index is 11.3. The van der Waals surface area contributed by atoms with Crippen molar-refractivity contribution in [1.82, 2.24) is 15.5 Å². The standard InChI is InChI=1S/C9H19N3O2/c1-5-10-8(13)6-11-7(2)9(14)12(3)4/h7,11H,5-6H2,1-4H3,(H,10,13). The van der Waals surface area contributed by atoms with Gasteiger partial charge in [-0.15, -0.1) is 0 Å². The summed E-state index contributed by atoms with van der Waals surface area (Å²) in [6.45, 7) is 4.37. The summed E-state index contributed by atoms with van der Waals surface area (Å²) >= 11 is 0. The van der Waals surface area contributed by atoms with Gasteiger partial charge in [0, 0.05) is 20.6 Å². The summed E-state index contributed by atoms with van der Waals surface area (Å²) in [5.74, 6) is -0.125. The van der Waals surface area contributed by atoms with Crippen LogP contribution in [0.3, 0.4) is 0 Å². The van der Waals surface area contributed by atoms with Crippen molar-refractivity contribution in [2.24, 2.45) is 0 Å². The predicted octanol–water partition coefficient (Wildman–Crippen LogP) is -0.811. The van der Waals surface area contributed by atoms with E-state index in [0.717, 1.165) is 0 Å². The molecule has 1 atom stereocenters. The Labute approximate surface area is 84.8 Å². The van der Waals surface area contributed by atoms with Crippen molar-refractivity contribution >= 4 is 11.8 Å². The average Bonchev–Trinajstić information content (AvgIpc) is 2.13. The van der Waals surface area contributed by atoms with Gasteiger partial charge in [0.2, 0.25) is 11.8 Å². The molecule has 0 aliphatic heterocycles. The smallest absolute Gasteiger partial charge is 0.238 e. The van der Waals surface area contributed by atoms with Gasteiger partial charge in [0.25, 0.3) is 0 Å². The van der Waals surface area contributed by atoms with Gasteiger partial charge in [0.1, 0.15) is 0 Å². The van der Waals surface area contributed by atoms with Gasteiger partial charge in [-0.1, -0.05) is 0 Å². The number of nitrogens with one attached hydrogen (secondary N) is 2. The number of likely N-dealkylation sites (N-methyl/N-ethyl adjacent to an activating group) is 2. The Morgan fingerprint density at radius 3 is 2.36 bits per heavy atom. The van der Waals surface area contributed by atoms with Crippen LogP contribution >= 0.6 is 0 Å². The number of rotatable bonds is 5. The predicted molar refractivity (Wildman–Crippen MR) is 54.8 cm³/mol. The summed E-state index contributed by atoms with van der Waals surface area (Å²) in [7, 11) is 3.37. The number of carbonyl (C=O) groups excluding carboxylic acids is 2. The average molecular weight is 201 g/mol. The van der Waals surface area contributed by atoms with Gasteiger partial charge >= 0.3 is 0 Å². The molecule has 14 heavy (non-hydrogen) atoms. The molecule has 5 nitrogen and oxygen atoms in total. The van der Waals surface area contributed by atoms with Crippen LogP contribution in [0, 0.1) is 0 Å². The van der Waals surface area contributed by atoms with E-state index in [-0.39, 0.29) is 24.4 Å². The molecule has 0 fully saturated rings. The minimum absolute atomic E-state index is 0.0331. The first kappa shape index (κ1) is 12.9. The van der Waals surface area contributed by atoms with E-state index in [4.69, 9.17) is 0 Å². The van der Waals surface area contributed by atoms with Crippen molar-refractivity contribution in [3.8, 4) is 0 Å². The number of nitrogens with zero attached hydrogens (tertiary/aromatic N) is 1. The van der Waals surface area contributed by atoms with E-state index in [0.29, 0.717) is 6.54 Å². The van der Waals surface area contributed by atoms with Crippen molar-refractivity contribution < 1.29 is 9.59 Å². The monoisotopic (exact) mass is 201 g/mol. The molecule has 0 bridgehead atoms. The molecular weight excluding hydrogens is 182 g/mol. The van der Waals surface area contributed by atoms with Crippen LogP contribution < -0.4 is 10.6 Å². The van der Waals surface area contributed by atoms with Crippen molar-refractivity contribution in [1.29, 1.82) is 0 Å². The van der Waals surface area contributed by atoms with Crippen LogP contribution in [0.15, 0.2) is 0 Å². The highest BCUT2D eigenvalue weighted by atomic mass is 16.2. The van der Waals surface area contributed by atoms with Gasteiger partial charge in [-0.05, 0) is 13.8 Å². The van der Waals surface area contributed by atoms with Crippen LogP contribution in [0.4, 0.5) is 0 Å². The van der Waals surface area contributed by atoms with Gasteiger partial charge in [-0.25, -0.2) is 0 Å². The third kappa shape index (κ3) is 4.81. The largest absolute Gasteiger partial charge is 0.355 e. The molecule has 0 radical (unpaired) electrons. The lowest BCUT2D eigenvalue weighted by molar-refractivity contribution is -0.130. The highest BCUT2D eigenvalue weighted by Gasteiger charge is 2.14. The molecule has 0 spiro atoms. The lowest BCUT2D eigenvalue weighted by atomic mass is 10.3. The Bertz CT molecular complexity index is 204. The summed E-state index contributed by atoms with van der Waals surface area (Å²) in [6, 6.07) is -0.326. The maximum Gasteiger partial charge on any atom is 0.238 e. The maximum atomic E-state index is 11.3. The van der Waals surface area contributed by atoms with E-state index in [9.17, 15) is 9.59 Å². The Hall–Kier alpha value is -1.10. The molecule has 0 aliphatic carbocycles. The van der Waals surface area contributed by atoms with Crippen molar-refractivity contribution in [3.05, 3.63) is 0 Å². The molecule has 0 heterocycles. The Morgan fingerprint density at radius 2 is 1.93 bits per heavy atom. The zero-order valence-electron chi connectivity index (χ0n) is 9.26. The number of carbonyl (C=O) groups is 2. The summed E-state index contributed by atoms with van der Waals surface area (Å²) < 4.78 is 0. The first-order chi connectivity index (χ1) is 6.49. The minimum atomic E-state index is -0.326. The second-order valence-electron chi connectivity index (χ2n) is 3.29. The van der Waals surface area contributed by atoms with E-state index in [1.54, 1.807) is 21.0 Å². The summed E-state index contributed by atoms with van der Waals surface area (Å²) in [6.07, 6.45) is 0. The molecule has 2 N–H and O–H groups in total. The Kier molecular flexibility index (Phi) is 5.87. The molecule has 0 aliphatic rings. The fourth-order valence-corrected chi connectivity index (χ4v) is 0.980. The second-order valence-corrected chi connectivity index (χ2v) is 3.29. The minimum Gasteiger partial charge on any atom is -0.355 e. The molecule has 0 rings (SSSR count). The van der Waals surface area contributed by atoms with Crippen molar-refractivity contribution in [2.75, 3.05) is 27.2 Å². The summed E-state index contributed by atoms with van der Waals surface area (Å²) in [4.78, 5) is 23.9. The molecule has 1 unspecified atom stereocenters. The van der Waals surface area contributed by atoms with Crippen LogP contribution in [-0.2, 0) is 9.59 Å².